The highest BCUT2D eigenvalue weighted by atomic mass is 16.1. The monoisotopic (exact) mass is 150 g/mol. The van der Waals surface area contributed by atoms with E-state index in [0.717, 1.165) is 18.4 Å². The molecule has 0 heterocycles. The molecule has 0 bridgehead atoms. The number of carbonyl (C=O) groups is 1. The van der Waals surface area contributed by atoms with Crippen LogP contribution >= 0.6 is 0 Å². The molecule has 0 saturated heterocycles. The van der Waals surface area contributed by atoms with Crippen molar-refractivity contribution >= 4 is 5.78 Å². The van der Waals surface area contributed by atoms with E-state index in [1.165, 1.54) is 5.57 Å². The van der Waals surface area contributed by atoms with Gasteiger partial charge >= 0.3 is 0 Å². The van der Waals surface area contributed by atoms with E-state index < -0.39 is 0 Å². The highest BCUT2D eigenvalue weighted by Gasteiger charge is 2.15. The van der Waals surface area contributed by atoms with Crippen molar-refractivity contribution in [3.05, 3.63) is 23.3 Å². The maximum absolute atomic E-state index is 11.3. The molecule has 0 aliphatic heterocycles. The number of carbonyl (C=O) groups excluding carboxylic acids is 1. The molecule has 0 amide bonds. The Morgan fingerprint density at radius 2 is 2.36 bits per heavy atom. The Labute approximate surface area is 67.8 Å². The summed E-state index contributed by atoms with van der Waals surface area (Å²) >= 11 is 0. The van der Waals surface area contributed by atoms with Gasteiger partial charge in [-0.3, -0.25) is 4.79 Å². The number of hydrogen-bond acceptors (Lipinski definition) is 1. The molecular formula is C10H14O. The van der Waals surface area contributed by atoms with E-state index in [-0.39, 0.29) is 0 Å². The summed E-state index contributed by atoms with van der Waals surface area (Å²) in [6, 6.07) is 0. The van der Waals surface area contributed by atoms with Crippen LogP contribution in [0.25, 0.3) is 0 Å². The zero-order valence-electron chi connectivity index (χ0n) is 7.18. The van der Waals surface area contributed by atoms with Crippen LogP contribution in [-0.4, -0.2) is 5.78 Å². The van der Waals surface area contributed by atoms with E-state index in [1.807, 2.05) is 13.0 Å². The molecule has 0 unspecified atom stereocenters. The highest BCUT2D eigenvalue weighted by Crippen LogP contribution is 2.22. The maximum Gasteiger partial charge on any atom is 0.163 e. The second-order valence-corrected chi connectivity index (χ2v) is 2.75. The zero-order chi connectivity index (χ0) is 8.27. The van der Waals surface area contributed by atoms with Crippen LogP contribution in [0.3, 0.4) is 0 Å². The van der Waals surface area contributed by atoms with Gasteiger partial charge in [0.1, 0.15) is 0 Å². The number of allylic oxidation sites excluding steroid dienone is 4. The largest absolute Gasteiger partial charge is 0.294 e. The van der Waals surface area contributed by atoms with Gasteiger partial charge < -0.3 is 0 Å². The van der Waals surface area contributed by atoms with Gasteiger partial charge in [0, 0.05) is 12.0 Å². The fourth-order valence-corrected chi connectivity index (χ4v) is 1.48. The number of rotatable bonds is 1. The minimum atomic E-state index is 0.312. The van der Waals surface area contributed by atoms with Crippen LogP contribution in [0.2, 0.25) is 0 Å². The second-order valence-electron chi connectivity index (χ2n) is 2.75. The molecule has 1 nitrogen and oxygen atoms in total. The van der Waals surface area contributed by atoms with E-state index in [9.17, 15) is 4.79 Å². The van der Waals surface area contributed by atoms with Crippen molar-refractivity contribution in [1.82, 2.24) is 0 Å². The van der Waals surface area contributed by atoms with Crippen molar-refractivity contribution in [2.45, 2.75) is 33.1 Å². The summed E-state index contributed by atoms with van der Waals surface area (Å²) in [5.41, 5.74) is 2.17. The Hall–Kier alpha value is -0.850. The lowest BCUT2D eigenvalue weighted by molar-refractivity contribution is -0.115. The van der Waals surface area contributed by atoms with Gasteiger partial charge in [0.15, 0.2) is 5.78 Å². The van der Waals surface area contributed by atoms with E-state index in [0.29, 0.717) is 12.2 Å². The van der Waals surface area contributed by atoms with Gasteiger partial charge in [-0.05, 0) is 25.3 Å². The SMILES string of the molecule is C/C=C1\C(=O)CCC=C1CC. The van der Waals surface area contributed by atoms with Crippen molar-refractivity contribution in [3.63, 3.8) is 0 Å². The van der Waals surface area contributed by atoms with Gasteiger partial charge in [-0.15, -0.1) is 0 Å². The summed E-state index contributed by atoms with van der Waals surface area (Å²) in [5.74, 6) is 0.312. The summed E-state index contributed by atoms with van der Waals surface area (Å²) in [6.07, 6.45) is 6.71. The molecule has 0 aromatic rings. The molecule has 0 atom stereocenters. The summed E-state index contributed by atoms with van der Waals surface area (Å²) in [6.45, 7) is 4.02. The maximum atomic E-state index is 11.3. The van der Waals surface area contributed by atoms with Gasteiger partial charge in [0.05, 0.1) is 0 Å². The van der Waals surface area contributed by atoms with Crippen LogP contribution < -0.4 is 0 Å². The quantitative estimate of drug-likeness (QED) is 0.525. The van der Waals surface area contributed by atoms with Crippen LogP contribution in [0.5, 0.6) is 0 Å². The van der Waals surface area contributed by atoms with E-state index >= 15 is 0 Å². The third kappa shape index (κ3) is 1.59. The molecule has 1 heteroatoms. The Kier molecular flexibility index (Phi) is 2.64. The van der Waals surface area contributed by atoms with Gasteiger partial charge in [-0.2, -0.15) is 0 Å². The van der Waals surface area contributed by atoms with Crippen LogP contribution in [0, 0.1) is 0 Å². The standard InChI is InChI=1S/C10H14O/c1-3-8-6-5-7-10(11)9(8)4-2/h4,6H,3,5,7H2,1-2H3/b9-4-. The Balaban J connectivity index is 2.92. The predicted octanol–water partition coefficient (Wildman–Crippen LogP) is 2.63. The summed E-state index contributed by atoms with van der Waals surface area (Å²) < 4.78 is 0. The molecule has 0 N–H and O–H groups in total. The first-order chi connectivity index (χ1) is 5.29. The van der Waals surface area contributed by atoms with Crippen molar-refractivity contribution in [2.24, 2.45) is 0 Å². The number of ketones is 1. The average Bonchev–Trinajstić information content (AvgIpc) is 2.04. The van der Waals surface area contributed by atoms with Crippen LogP contribution in [0.4, 0.5) is 0 Å². The molecule has 1 aliphatic rings. The molecule has 0 aromatic heterocycles. The zero-order valence-corrected chi connectivity index (χ0v) is 7.18. The molecule has 0 spiro atoms. The predicted molar refractivity (Wildman–Crippen MR) is 46.4 cm³/mol. The molecule has 0 saturated carbocycles. The van der Waals surface area contributed by atoms with Gasteiger partial charge in [-0.1, -0.05) is 19.1 Å². The number of Topliss-reactive ketones (excluding diaryl/α,β-unsaturated/α-hetero) is 1. The lowest BCUT2D eigenvalue weighted by Gasteiger charge is -2.13. The fraction of sp³-hybridized carbons (Fsp3) is 0.500. The van der Waals surface area contributed by atoms with E-state index in [1.54, 1.807) is 0 Å². The van der Waals surface area contributed by atoms with Gasteiger partial charge in [0.2, 0.25) is 0 Å². The van der Waals surface area contributed by atoms with Crippen LogP contribution in [0.1, 0.15) is 33.1 Å². The lowest BCUT2D eigenvalue weighted by atomic mass is 9.91. The molecule has 11 heavy (non-hydrogen) atoms. The first-order valence-electron chi connectivity index (χ1n) is 4.18. The third-order valence-corrected chi connectivity index (χ3v) is 2.08. The Bertz CT molecular complexity index is 221. The first-order valence-corrected chi connectivity index (χ1v) is 4.18. The lowest BCUT2D eigenvalue weighted by Crippen LogP contribution is -2.08. The topological polar surface area (TPSA) is 17.1 Å². The van der Waals surface area contributed by atoms with Gasteiger partial charge in [-0.25, -0.2) is 0 Å². The van der Waals surface area contributed by atoms with Crippen molar-refractivity contribution in [1.29, 1.82) is 0 Å². The first kappa shape index (κ1) is 8.25. The molecule has 0 radical (unpaired) electrons. The third-order valence-electron chi connectivity index (χ3n) is 2.08. The normalized spacial score (nSPS) is 22.2. The summed E-state index contributed by atoms with van der Waals surface area (Å²) in [7, 11) is 0. The summed E-state index contributed by atoms with van der Waals surface area (Å²) in [4.78, 5) is 11.3. The van der Waals surface area contributed by atoms with Gasteiger partial charge in [0.25, 0.3) is 0 Å². The number of hydrogen-bond donors (Lipinski definition) is 0. The second kappa shape index (κ2) is 3.51. The highest BCUT2D eigenvalue weighted by molar-refractivity contribution is 6.00. The van der Waals surface area contributed by atoms with Crippen molar-refractivity contribution in [3.8, 4) is 0 Å². The average molecular weight is 150 g/mol. The van der Waals surface area contributed by atoms with Crippen molar-refractivity contribution < 1.29 is 4.79 Å². The van der Waals surface area contributed by atoms with E-state index in [4.69, 9.17) is 0 Å². The molecule has 0 aromatic carbocycles. The van der Waals surface area contributed by atoms with Crippen LogP contribution in [0.15, 0.2) is 23.3 Å². The summed E-state index contributed by atoms with van der Waals surface area (Å²) in [5, 5.41) is 0. The smallest absolute Gasteiger partial charge is 0.163 e. The molecule has 1 rings (SSSR count). The molecule has 60 valence electrons. The van der Waals surface area contributed by atoms with E-state index in [2.05, 4.69) is 13.0 Å². The molecule has 1 aliphatic carbocycles. The Morgan fingerprint density at radius 3 is 2.82 bits per heavy atom. The molecule has 0 fully saturated rings. The molecular weight excluding hydrogens is 136 g/mol. The van der Waals surface area contributed by atoms with Crippen molar-refractivity contribution in [2.75, 3.05) is 0 Å². The minimum absolute atomic E-state index is 0.312. The van der Waals surface area contributed by atoms with Crippen LogP contribution in [-0.2, 0) is 4.79 Å². The Morgan fingerprint density at radius 1 is 1.64 bits per heavy atom. The minimum Gasteiger partial charge on any atom is -0.294 e. The fourth-order valence-electron chi connectivity index (χ4n) is 1.48.